The topological polar surface area (TPSA) is 12.5 Å². The predicted octanol–water partition coefficient (Wildman–Crippen LogP) is 2.56. The highest BCUT2D eigenvalue weighted by Gasteiger charge is 2.15. The standard InChI is InChI=1S/C12H21NO/c1-11(12-5-3-2-4-6-12)13-7-9-14-10-8-13/h2-10H2,1H3. The van der Waals surface area contributed by atoms with E-state index in [1.165, 1.54) is 32.1 Å². The lowest BCUT2D eigenvalue weighted by molar-refractivity contribution is 0.0529. The first-order valence-electron chi connectivity index (χ1n) is 5.89. The first kappa shape index (κ1) is 10.0. The molecule has 0 atom stereocenters. The van der Waals surface area contributed by atoms with Gasteiger partial charge in [-0.3, -0.25) is 0 Å². The van der Waals surface area contributed by atoms with Crippen molar-refractivity contribution < 1.29 is 4.74 Å². The minimum atomic E-state index is 0.907. The average molecular weight is 195 g/mol. The maximum absolute atomic E-state index is 5.37. The number of ether oxygens (including phenoxy) is 1. The molecule has 0 N–H and O–H groups in total. The van der Waals surface area contributed by atoms with Gasteiger partial charge in [-0.05, 0) is 32.6 Å². The monoisotopic (exact) mass is 195 g/mol. The molecule has 1 saturated carbocycles. The molecule has 2 aliphatic rings. The van der Waals surface area contributed by atoms with Gasteiger partial charge in [-0.1, -0.05) is 12.0 Å². The molecule has 2 heteroatoms. The van der Waals surface area contributed by atoms with Crippen molar-refractivity contribution in [1.82, 2.24) is 4.90 Å². The van der Waals surface area contributed by atoms with E-state index in [-0.39, 0.29) is 0 Å². The number of hydrogen-bond donors (Lipinski definition) is 0. The van der Waals surface area contributed by atoms with E-state index in [2.05, 4.69) is 11.8 Å². The highest BCUT2D eigenvalue weighted by Crippen LogP contribution is 2.27. The molecule has 14 heavy (non-hydrogen) atoms. The van der Waals surface area contributed by atoms with Gasteiger partial charge in [0.1, 0.15) is 0 Å². The fraction of sp³-hybridized carbons (Fsp3) is 0.833. The summed E-state index contributed by atoms with van der Waals surface area (Å²) >= 11 is 0. The maximum atomic E-state index is 5.37. The van der Waals surface area contributed by atoms with Crippen molar-refractivity contribution in [2.24, 2.45) is 0 Å². The number of morpholine rings is 1. The molecular formula is C12H21NO. The highest BCUT2D eigenvalue weighted by atomic mass is 16.5. The van der Waals surface area contributed by atoms with Crippen LogP contribution in [0.25, 0.3) is 0 Å². The molecule has 0 aromatic rings. The number of rotatable bonds is 1. The van der Waals surface area contributed by atoms with Gasteiger partial charge < -0.3 is 9.64 Å². The third kappa shape index (κ3) is 2.30. The third-order valence-corrected chi connectivity index (χ3v) is 3.45. The van der Waals surface area contributed by atoms with Crippen molar-refractivity contribution in [3.05, 3.63) is 11.3 Å². The molecule has 0 radical (unpaired) electrons. The molecule has 0 spiro atoms. The number of hydrogen-bond acceptors (Lipinski definition) is 2. The summed E-state index contributed by atoms with van der Waals surface area (Å²) in [6.07, 6.45) is 6.90. The van der Waals surface area contributed by atoms with E-state index in [1.807, 2.05) is 0 Å². The van der Waals surface area contributed by atoms with Gasteiger partial charge >= 0.3 is 0 Å². The van der Waals surface area contributed by atoms with E-state index in [9.17, 15) is 0 Å². The minimum absolute atomic E-state index is 0.907. The molecule has 1 saturated heterocycles. The van der Waals surface area contributed by atoms with Crippen molar-refractivity contribution in [2.45, 2.75) is 39.0 Å². The van der Waals surface area contributed by atoms with Crippen LogP contribution < -0.4 is 0 Å². The van der Waals surface area contributed by atoms with Crippen LogP contribution in [0, 0.1) is 0 Å². The molecule has 1 aliphatic carbocycles. The van der Waals surface area contributed by atoms with E-state index in [0.717, 1.165) is 26.3 Å². The van der Waals surface area contributed by atoms with Gasteiger partial charge in [0.2, 0.25) is 0 Å². The first-order valence-corrected chi connectivity index (χ1v) is 5.89. The molecule has 2 nitrogen and oxygen atoms in total. The summed E-state index contributed by atoms with van der Waals surface area (Å²) in [5.41, 5.74) is 3.26. The molecular weight excluding hydrogens is 174 g/mol. The van der Waals surface area contributed by atoms with Crippen LogP contribution >= 0.6 is 0 Å². The molecule has 1 heterocycles. The Labute approximate surface area is 86.9 Å². The van der Waals surface area contributed by atoms with Crippen molar-refractivity contribution in [2.75, 3.05) is 26.3 Å². The Morgan fingerprint density at radius 2 is 1.71 bits per heavy atom. The second-order valence-electron chi connectivity index (χ2n) is 4.35. The van der Waals surface area contributed by atoms with Crippen LogP contribution in [0.1, 0.15) is 39.0 Å². The van der Waals surface area contributed by atoms with Gasteiger partial charge in [0, 0.05) is 18.8 Å². The van der Waals surface area contributed by atoms with E-state index in [1.54, 1.807) is 11.3 Å². The first-order chi connectivity index (χ1) is 6.88. The van der Waals surface area contributed by atoms with E-state index in [4.69, 9.17) is 4.74 Å². The highest BCUT2D eigenvalue weighted by molar-refractivity contribution is 5.13. The average Bonchev–Trinajstić information content (AvgIpc) is 2.30. The summed E-state index contributed by atoms with van der Waals surface area (Å²) in [4.78, 5) is 2.50. The summed E-state index contributed by atoms with van der Waals surface area (Å²) in [6, 6.07) is 0. The molecule has 0 aromatic carbocycles. The zero-order valence-electron chi connectivity index (χ0n) is 9.22. The predicted molar refractivity (Wildman–Crippen MR) is 58.2 cm³/mol. The summed E-state index contributed by atoms with van der Waals surface area (Å²) in [7, 11) is 0. The fourth-order valence-corrected chi connectivity index (χ4v) is 2.46. The lowest BCUT2D eigenvalue weighted by Crippen LogP contribution is -2.35. The zero-order valence-corrected chi connectivity index (χ0v) is 9.22. The molecule has 0 amide bonds. The van der Waals surface area contributed by atoms with Crippen LogP contribution in [-0.2, 0) is 4.74 Å². The molecule has 80 valence electrons. The Morgan fingerprint density at radius 3 is 2.36 bits per heavy atom. The van der Waals surface area contributed by atoms with Gasteiger partial charge in [0.25, 0.3) is 0 Å². The Kier molecular flexibility index (Phi) is 3.46. The molecule has 0 aromatic heterocycles. The van der Waals surface area contributed by atoms with Gasteiger partial charge in [0.05, 0.1) is 13.2 Å². The summed E-state index contributed by atoms with van der Waals surface area (Å²) in [5, 5.41) is 0. The second kappa shape index (κ2) is 4.83. The molecule has 0 bridgehead atoms. The van der Waals surface area contributed by atoms with Crippen molar-refractivity contribution in [1.29, 1.82) is 0 Å². The minimum Gasteiger partial charge on any atom is -0.378 e. The second-order valence-corrected chi connectivity index (χ2v) is 4.35. The quantitative estimate of drug-likeness (QED) is 0.637. The third-order valence-electron chi connectivity index (χ3n) is 3.45. The largest absolute Gasteiger partial charge is 0.378 e. The molecule has 2 fully saturated rings. The lowest BCUT2D eigenvalue weighted by atomic mass is 9.93. The van der Waals surface area contributed by atoms with Crippen molar-refractivity contribution >= 4 is 0 Å². The van der Waals surface area contributed by atoms with Gasteiger partial charge in [-0.2, -0.15) is 0 Å². The van der Waals surface area contributed by atoms with Crippen molar-refractivity contribution in [3.8, 4) is 0 Å². The molecule has 2 rings (SSSR count). The van der Waals surface area contributed by atoms with Gasteiger partial charge in [-0.25, -0.2) is 0 Å². The van der Waals surface area contributed by atoms with Gasteiger partial charge in [-0.15, -0.1) is 0 Å². The Hall–Kier alpha value is -0.500. The van der Waals surface area contributed by atoms with Crippen LogP contribution in [0.5, 0.6) is 0 Å². The summed E-state index contributed by atoms with van der Waals surface area (Å²) in [6.45, 7) is 6.30. The number of allylic oxidation sites excluding steroid dienone is 2. The lowest BCUT2D eigenvalue weighted by Gasteiger charge is -2.32. The molecule has 1 aliphatic heterocycles. The van der Waals surface area contributed by atoms with Gasteiger partial charge in [0.15, 0.2) is 0 Å². The maximum Gasteiger partial charge on any atom is 0.0642 e. The van der Waals surface area contributed by atoms with E-state index in [0.29, 0.717) is 0 Å². The smallest absolute Gasteiger partial charge is 0.0642 e. The van der Waals surface area contributed by atoms with E-state index >= 15 is 0 Å². The Balaban J connectivity index is 1.99. The van der Waals surface area contributed by atoms with Crippen LogP contribution in [0.4, 0.5) is 0 Å². The van der Waals surface area contributed by atoms with Crippen LogP contribution in [0.15, 0.2) is 11.3 Å². The Bertz CT molecular complexity index is 208. The van der Waals surface area contributed by atoms with Crippen molar-refractivity contribution in [3.63, 3.8) is 0 Å². The zero-order chi connectivity index (χ0) is 9.80. The van der Waals surface area contributed by atoms with Crippen LogP contribution in [-0.4, -0.2) is 31.2 Å². The van der Waals surface area contributed by atoms with Crippen LogP contribution in [0.2, 0.25) is 0 Å². The SMILES string of the molecule is CC(=C1CCCCC1)N1CCOCC1. The number of nitrogens with zero attached hydrogens (tertiary/aromatic N) is 1. The summed E-state index contributed by atoms with van der Waals surface area (Å²) < 4.78 is 5.37. The van der Waals surface area contributed by atoms with Crippen LogP contribution in [0.3, 0.4) is 0 Å². The van der Waals surface area contributed by atoms with E-state index < -0.39 is 0 Å². The Morgan fingerprint density at radius 1 is 1.07 bits per heavy atom. The summed E-state index contributed by atoms with van der Waals surface area (Å²) in [5.74, 6) is 0. The fourth-order valence-electron chi connectivity index (χ4n) is 2.46. The normalized spacial score (nSPS) is 23.8. The molecule has 0 unspecified atom stereocenters.